The van der Waals surface area contributed by atoms with Crippen LogP contribution in [0.4, 0.5) is 5.82 Å². The number of rotatable bonds is 4. The van der Waals surface area contributed by atoms with Crippen LogP contribution >= 0.6 is 11.6 Å². The molecule has 1 rings (SSSR count). The van der Waals surface area contributed by atoms with Gasteiger partial charge in [-0.25, -0.2) is 4.98 Å². The molecule has 13 heavy (non-hydrogen) atoms. The Morgan fingerprint density at radius 1 is 1.69 bits per heavy atom. The first-order valence-electron chi connectivity index (χ1n) is 4.07. The fourth-order valence-electron chi connectivity index (χ4n) is 0.973. The third-order valence-corrected chi connectivity index (χ3v) is 1.70. The molecule has 0 fully saturated rings. The molecule has 1 heterocycles. The molecule has 0 spiro atoms. The van der Waals surface area contributed by atoms with Gasteiger partial charge in [0.2, 0.25) is 0 Å². The highest BCUT2D eigenvalue weighted by Crippen LogP contribution is 2.08. The fraction of sp³-hybridized carbons (Fsp3) is 0.333. The summed E-state index contributed by atoms with van der Waals surface area (Å²) in [6.45, 7) is 5.70. The molecule has 0 saturated heterocycles. The lowest BCUT2D eigenvalue weighted by molar-refractivity contribution is 0.806. The van der Waals surface area contributed by atoms with Gasteiger partial charge >= 0.3 is 0 Å². The molecule has 1 N–H and O–H groups in total. The molecule has 0 radical (unpaired) electrons. The number of halogens is 1. The van der Waals surface area contributed by atoms with Gasteiger partial charge in [0.15, 0.2) is 0 Å². The zero-order chi connectivity index (χ0) is 9.68. The molecule has 0 bridgehead atoms. The number of nitrogens with zero attached hydrogens (tertiary/aromatic N) is 2. The van der Waals surface area contributed by atoms with E-state index in [1.807, 2.05) is 13.0 Å². The van der Waals surface area contributed by atoms with E-state index in [4.69, 9.17) is 11.6 Å². The van der Waals surface area contributed by atoms with Gasteiger partial charge in [0.1, 0.15) is 11.0 Å². The average molecular weight is 198 g/mol. The van der Waals surface area contributed by atoms with Crippen molar-refractivity contribution in [1.82, 2.24) is 9.97 Å². The van der Waals surface area contributed by atoms with Gasteiger partial charge in [-0.15, -0.1) is 6.58 Å². The molecular formula is C9H12ClN3. The van der Waals surface area contributed by atoms with E-state index in [0.717, 1.165) is 6.42 Å². The van der Waals surface area contributed by atoms with Crippen LogP contribution in [-0.2, 0) is 0 Å². The third kappa shape index (κ3) is 3.42. The highest BCUT2D eigenvalue weighted by atomic mass is 35.5. The SMILES string of the molecule is C=CCC(C)Nc1cncc(Cl)n1. The van der Waals surface area contributed by atoms with E-state index in [0.29, 0.717) is 17.0 Å². The van der Waals surface area contributed by atoms with E-state index in [1.165, 1.54) is 6.20 Å². The van der Waals surface area contributed by atoms with Crippen LogP contribution in [0.15, 0.2) is 25.0 Å². The van der Waals surface area contributed by atoms with E-state index in [-0.39, 0.29) is 0 Å². The van der Waals surface area contributed by atoms with Gasteiger partial charge in [0.05, 0.1) is 12.4 Å². The maximum absolute atomic E-state index is 5.67. The largest absolute Gasteiger partial charge is 0.366 e. The van der Waals surface area contributed by atoms with Gasteiger partial charge in [-0.05, 0) is 13.3 Å². The van der Waals surface area contributed by atoms with Crippen LogP contribution in [0.25, 0.3) is 0 Å². The van der Waals surface area contributed by atoms with Crippen molar-refractivity contribution in [3.8, 4) is 0 Å². The first-order valence-corrected chi connectivity index (χ1v) is 4.45. The molecular weight excluding hydrogens is 186 g/mol. The summed E-state index contributed by atoms with van der Waals surface area (Å²) in [5, 5.41) is 3.55. The highest BCUT2D eigenvalue weighted by Gasteiger charge is 2.00. The zero-order valence-electron chi connectivity index (χ0n) is 7.50. The van der Waals surface area contributed by atoms with Crippen molar-refractivity contribution in [2.24, 2.45) is 0 Å². The van der Waals surface area contributed by atoms with E-state index in [9.17, 15) is 0 Å². The second kappa shape index (κ2) is 4.82. The van der Waals surface area contributed by atoms with Gasteiger partial charge in [-0.3, -0.25) is 4.98 Å². The van der Waals surface area contributed by atoms with Crippen molar-refractivity contribution in [2.45, 2.75) is 19.4 Å². The quantitative estimate of drug-likeness (QED) is 0.754. The second-order valence-electron chi connectivity index (χ2n) is 2.80. The fourth-order valence-corrected chi connectivity index (χ4v) is 1.12. The summed E-state index contributed by atoms with van der Waals surface area (Å²) < 4.78 is 0. The van der Waals surface area contributed by atoms with Gasteiger partial charge in [0.25, 0.3) is 0 Å². The van der Waals surface area contributed by atoms with Crippen molar-refractivity contribution in [2.75, 3.05) is 5.32 Å². The number of hydrogen-bond acceptors (Lipinski definition) is 3. The molecule has 1 aromatic heterocycles. The van der Waals surface area contributed by atoms with Crippen LogP contribution in [0.1, 0.15) is 13.3 Å². The summed E-state index contributed by atoms with van der Waals surface area (Å²) >= 11 is 5.67. The Balaban J connectivity index is 2.58. The van der Waals surface area contributed by atoms with E-state index in [2.05, 4.69) is 21.9 Å². The molecule has 1 aromatic rings. The minimum atomic E-state index is 0.297. The van der Waals surface area contributed by atoms with Gasteiger partial charge in [0, 0.05) is 6.04 Å². The molecule has 0 aliphatic carbocycles. The number of nitrogens with one attached hydrogen (secondary N) is 1. The van der Waals surface area contributed by atoms with E-state index < -0.39 is 0 Å². The Hall–Kier alpha value is -1.09. The van der Waals surface area contributed by atoms with Crippen LogP contribution < -0.4 is 5.32 Å². The van der Waals surface area contributed by atoms with Crippen molar-refractivity contribution in [1.29, 1.82) is 0 Å². The minimum absolute atomic E-state index is 0.297. The van der Waals surface area contributed by atoms with Gasteiger partial charge < -0.3 is 5.32 Å². The van der Waals surface area contributed by atoms with Crippen LogP contribution in [-0.4, -0.2) is 16.0 Å². The maximum atomic E-state index is 5.67. The highest BCUT2D eigenvalue weighted by molar-refractivity contribution is 6.29. The Morgan fingerprint density at radius 3 is 3.08 bits per heavy atom. The molecule has 70 valence electrons. The topological polar surface area (TPSA) is 37.8 Å². The lowest BCUT2D eigenvalue weighted by Gasteiger charge is -2.11. The molecule has 0 saturated carbocycles. The molecule has 1 atom stereocenters. The average Bonchev–Trinajstić information content (AvgIpc) is 2.04. The molecule has 4 heteroatoms. The molecule has 0 amide bonds. The number of anilines is 1. The van der Waals surface area contributed by atoms with E-state index in [1.54, 1.807) is 6.20 Å². The summed E-state index contributed by atoms with van der Waals surface area (Å²) in [4.78, 5) is 7.97. The van der Waals surface area contributed by atoms with Crippen LogP contribution in [0.3, 0.4) is 0 Å². The molecule has 1 unspecified atom stereocenters. The second-order valence-corrected chi connectivity index (χ2v) is 3.18. The first-order chi connectivity index (χ1) is 6.22. The Bertz CT molecular complexity index is 288. The van der Waals surface area contributed by atoms with Gasteiger partial charge in [-0.1, -0.05) is 17.7 Å². The summed E-state index contributed by atoms with van der Waals surface area (Å²) in [6.07, 6.45) is 5.89. The van der Waals surface area contributed by atoms with E-state index >= 15 is 0 Å². The van der Waals surface area contributed by atoms with Crippen molar-refractivity contribution < 1.29 is 0 Å². The maximum Gasteiger partial charge on any atom is 0.149 e. The standard InChI is InChI=1S/C9H12ClN3/c1-3-4-7(2)12-9-6-11-5-8(10)13-9/h3,5-7H,1,4H2,2H3,(H,12,13). The van der Waals surface area contributed by atoms with Gasteiger partial charge in [-0.2, -0.15) is 0 Å². The molecule has 3 nitrogen and oxygen atoms in total. The molecule has 0 aliphatic heterocycles. The summed E-state index contributed by atoms with van der Waals surface area (Å²) in [5.74, 6) is 0.696. The van der Waals surface area contributed by atoms with Crippen LogP contribution in [0.5, 0.6) is 0 Å². The van der Waals surface area contributed by atoms with Crippen molar-refractivity contribution >= 4 is 17.4 Å². The lowest BCUT2D eigenvalue weighted by Crippen LogP contribution is -2.14. The Labute approximate surface area is 82.9 Å². The number of aromatic nitrogens is 2. The van der Waals surface area contributed by atoms with Crippen LogP contribution in [0, 0.1) is 0 Å². The summed E-state index contributed by atoms with van der Waals surface area (Å²) in [5.41, 5.74) is 0. The predicted octanol–water partition coefficient (Wildman–Crippen LogP) is 2.51. The van der Waals surface area contributed by atoms with Crippen molar-refractivity contribution in [3.05, 3.63) is 30.2 Å². The Morgan fingerprint density at radius 2 is 2.46 bits per heavy atom. The number of hydrogen-bond donors (Lipinski definition) is 1. The Kier molecular flexibility index (Phi) is 3.71. The molecule has 0 aliphatic rings. The normalized spacial score (nSPS) is 12.2. The predicted molar refractivity (Wildman–Crippen MR) is 54.9 cm³/mol. The smallest absolute Gasteiger partial charge is 0.149 e. The lowest BCUT2D eigenvalue weighted by atomic mass is 10.2. The first kappa shape index (κ1) is 9.99. The monoisotopic (exact) mass is 197 g/mol. The van der Waals surface area contributed by atoms with Crippen molar-refractivity contribution in [3.63, 3.8) is 0 Å². The summed E-state index contributed by atoms with van der Waals surface area (Å²) in [6, 6.07) is 0.297. The zero-order valence-corrected chi connectivity index (χ0v) is 8.25. The minimum Gasteiger partial charge on any atom is -0.366 e. The third-order valence-electron chi connectivity index (χ3n) is 1.52. The summed E-state index contributed by atoms with van der Waals surface area (Å²) in [7, 11) is 0. The van der Waals surface area contributed by atoms with Crippen LogP contribution in [0.2, 0.25) is 5.15 Å². The molecule has 0 aromatic carbocycles.